The highest BCUT2D eigenvalue weighted by molar-refractivity contribution is 8.01. The fourth-order valence-electron chi connectivity index (χ4n) is 1.96. The van der Waals surface area contributed by atoms with E-state index in [1.54, 1.807) is 6.07 Å². The molecule has 6 heteroatoms. The summed E-state index contributed by atoms with van der Waals surface area (Å²) in [4.78, 5) is 5.06. The lowest BCUT2D eigenvalue weighted by Gasteiger charge is -2.17. The topological polar surface area (TPSA) is 37.8 Å². The van der Waals surface area contributed by atoms with Crippen molar-refractivity contribution in [3.05, 3.63) is 35.4 Å². The molecule has 3 nitrogen and oxygen atoms in total. The summed E-state index contributed by atoms with van der Waals surface area (Å²) in [6.07, 6.45) is 1.86. The second-order valence-electron chi connectivity index (χ2n) is 4.77. The van der Waals surface area contributed by atoms with Gasteiger partial charge in [0.25, 0.3) is 0 Å². The van der Waals surface area contributed by atoms with Gasteiger partial charge in [0.2, 0.25) is 0 Å². The van der Waals surface area contributed by atoms with E-state index in [0.717, 1.165) is 35.1 Å². The van der Waals surface area contributed by atoms with Crippen LogP contribution in [0, 0.1) is 5.82 Å². The van der Waals surface area contributed by atoms with Crippen molar-refractivity contribution < 1.29 is 4.39 Å². The van der Waals surface area contributed by atoms with Crippen molar-refractivity contribution in [2.24, 2.45) is 0 Å². The number of halogens is 1. The van der Waals surface area contributed by atoms with Crippen LogP contribution in [0.5, 0.6) is 0 Å². The summed E-state index contributed by atoms with van der Waals surface area (Å²) >= 11 is 2.70. The number of hydrogen-bond donors (Lipinski definition) is 1. The van der Waals surface area contributed by atoms with E-state index in [9.17, 15) is 4.39 Å². The van der Waals surface area contributed by atoms with Crippen molar-refractivity contribution in [3.63, 3.8) is 0 Å². The predicted octanol–water partition coefficient (Wildman–Crippen LogP) is 4.45. The van der Waals surface area contributed by atoms with Gasteiger partial charge in [-0.1, -0.05) is 37.7 Å². The van der Waals surface area contributed by atoms with E-state index in [4.69, 9.17) is 0 Å². The first kappa shape index (κ1) is 16.4. The van der Waals surface area contributed by atoms with Crippen molar-refractivity contribution in [3.8, 4) is 0 Å². The van der Waals surface area contributed by atoms with Crippen LogP contribution in [-0.4, -0.2) is 15.9 Å². The Kier molecular flexibility index (Phi) is 6.14. The third kappa shape index (κ3) is 4.25. The van der Waals surface area contributed by atoms with Crippen LogP contribution in [0.2, 0.25) is 0 Å². The minimum Gasteiger partial charge on any atom is -0.310 e. The lowest BCUT2D eigenvalue weighted by Crippen LogP contribution is -2.20. The van der Waals surface area contributed by atoms with Crippen molar-refractivity contribution >= 4 is 23.3 Å². The molecule has 1 N–H and O–H groups in total. The van der Waals surface area contributed by atoms with Crippen molar-refractivity contribution in [1.29, 1.82) is 0 Å². The van der Waals surface area contributed by atoms with Gasteiger partial charge in [0.1, 0.15) is 11.6 Å². The summed E-state index contributed by atoms with van der Waals surface area (Å²) in [5, 5.41) is 3.41. The molecule has 0 aliphatic heterocycles. The van der Waals surface area contributed by atoms with Gasteiger partial charge in [-0.15, -0.1) is 0 Å². The van der Waals surface area contributed by atoms with Gasteiger partial charge in [-0.3, -0.25) is 0 Å². The Bertz CT molecular complexity index is 586. The Morgan fingerprint density at radius 3 is 2.86 bits per heavy atom. The number of hydrogen-bond acceptors (Lipinski definition) is 5. The number of rotatable bonds is 7. The first-order chi connectivity index (χ1) is 10.2. The van der Waals surface area contributed by atoms with Crippen molar-refractivity contribution in [2.45, 2.75) is 48.9 Å². The van der Waals surface area contributed by atoms with Crippen LogP contribution in [-0.2, 0) is 6.42 Å². The molecular weight excluding hydrogens is 305 g/mol. The molecule has 0 radical (unpaired) electrons. The normalized spacial score (nSPS) is 12.6. The quantitative estimate of drug-likeness (QED) is 0.816. The average molecular weight is 325 g/mol. The minimum atomic E-state index is -0.198. The molecule has 1 aromatic heterocycles. The summed E-state index contributed by atoms with van der Waals surface area (Å²) in [5.74, 6) is 0.619. The maximum absolute atomic E-state index is 14.2. The maximum atomic E-state index is 14.2. The molecule has 0 fully saturated rings. The number of aromatic nitrogens is 2. The maximum Gasteiger partial charge on any atom is 0.174 e. The van der Waals surface area contributed by atoms with E-state index < -0.39 is 0 Å². The van der Waals surface area contributed by atoms with Gasteiger partial charge < -0.3 is 5.32 Å². The standard InChI is InChI=1S/C15H20FN3S2/c1-4-9-17-10(3)11-7-6-8-12(16)14(11)20-15-18-13(5-2)19-21-15/h6-8,10,17H,4-5,9H2,1-3H3. The summed E-state index contributed by atoms with van der Waals surface area (Å²) in [7, 11) is 0. The van der Waals surface area contributed by atoms with Crippen molar-refractivity contribution in [1.82, 2.24) is 14.7 Å². The SMILES string of the molecule is CCCNC(C)c1cccc(F)c1Sc1nc(CC)ns1. The molecule has 2 aromatic rings. The molecule has 1 unspecified atom stereocenters. The number of aryl methyl sites for hydroxylation is 1. The zero-order valence-electron chi connectivity index (χ0n) is 12.5. The van der Waals surface area contributed by atoms with Crippen LogP contribution in [0.1, 0.15) is 44.6 Å². The number of nitrogens with zero attached hydrogens (tertiary/aromatic N) is 2. The van der Waals surface area contributed by atoms with Gasteiger partial charge in [0.15, 0.2) is 4.34 Å². The highest BCUT2D eigenvalue weighted by Crippen LogP contribution is 2.36. The van der Waals surface area contributed by atoms with Gasteiger partial charge in [-0.2, -0.15) is 4.37 Å². The molecular formula is C15H20FN3S2. The third-order valence-corrected chi connectivity index (χ3v) is 5.04. The molecule has 21 heavy (non-hydrogen) atoms. The van der Waals surface area contributed by atoms with E-state index >= 15 is 0 Å². The van der Waals surface area contributed by atoms with Crippen LogP contribution in [0.15, 0.2) is 27.4 Å². The van der Waals surface area contributed by atoms with Gasteiger partial charge >= 0.3 is 0 Å². The van der Waals surface area contributed by atoms with Crippen molar-refractivity contribution in [2.75, 3.05) is 6.54 Å². The van der Waals surface area contributed by atoms with Crippen LogP contribution in [0.25, 0.3) is 0 Å². The zero-order valence-corrected chi connectivity index (χ0v) is 14.2. The first-order valence-electron chi connectivity index (χ1n) is 7.17. The molecule has 0 aliphatic carbocycles. The largest absolute Gasteiger partial charge is 0.310 e. The fourth-order valence-corrected chi connectivity index (χ4v) is 3.82. The van der Waals surface area contributed by atoms with Gasteiger partial charge in [-0.25, -0.2) is 9.37 Å². The molecule has 0 spiro atoms. The molecule has 0 saturated carbocycles. The highest BCUT2D eigenvalue weighted by atomic mass is 32.2. The minimum absolute atomic E-state index is 0.113. The summed E-state index contributed by atoms with van der Waals surface area (Å²) in [6, 6.07) is 5.35. The Balaban J connectivity index is 2.24. The van der Waals surface area contributed by atoms with Crippen LogP contribution in [0.4, 0.5) is 4.39 Å². The Morgan fingerprint density at radius 2 is 2.19 bits per heavy atom. The summed E-state index contributed by atoms with van der Waals surface area (Å²) < 4.78 is 19.3. The lowest BCUT2D eigenvalue weighted by molar-refractivity contribution is 0.543. The number of benzene rings is 1. The van der Waals surface area contributed by atoms with Crippen LogP contribution < -0.4 is 5.32 Å². The first-order valence-corrected chi connectivity index (χ1v) is 8.76. The lowest BCUT2D eigenvalue weighted by atomic mass is 10.1. The molecule has 0 amide bonds. The smallest absolute Gasteiger partial charge is 0.174 e. The second-order valence-corrected chi connectivity index (χ2v) is 6.78. The zero-order chi connectivity index (χ0) is 15.2. The molecule has 1 aromatic carbocycles. The van der Waals surface area contributed by atoms with E-state index in [1.165, 1.54) is 29.4 Å². The van der Waals surface area contributed by atoms with E-state index in [-0.39, 0.29) is 11.9 Å². The van der Waals surface area contributed by atoms with E-state index in [2.05, 4.69) is 28.5 Å². The Hall–Kier alpha value is -0.980. The highest BCUT2D eigenvalue weighted by Gasteiger charge is 2.16. The van der Waals surface area contributed by atoms with Gasteiger partial charge in [0, 0.05) is 12.5 Å². The molecule has 2 rings (SSSR count). The van der Waals surface area contributed by atoms with Crippen LogP contribution in [0.3, 0.4) is 0 Å². The van der Waals surface area contributed by atoms with E-state index in [0.29, 0.717) is 4.90 Å². The molecule has 114 valence electrons. The Labute approximate surface area is 133 Å². The third-order valence-electron chi connectivity index (χ3n) is 3.12. The predicted molar refractivity (Wildman–Crippen MR) is 86.5 cm³/mol. The molecule has 0 bridgehead atoms. The monoisotopic (exact) mass is 325 g/mol. The summed E-state index contributed by atoms with van der Waals surface area (Å²) in [5.41, 5.74) is 0.974. The molecule has 0 saturated heterocycles. The molecule has 1 atom stereocenters. The average Bonchev–Trinajstić information content (AvgIpc) is 2.94. The second kappa shape index (κ2) is 7.87. The van der Waals surface area contributed by atoms with Gasteiger partial charge in [-0.05, 0) is 43.1 Å². The van der Waals surface area contributed by atoms with Gasteiger partial charge in [0.05, 0.1) is 4.90 Å². The Morgan fingerprint density at radius 1 is 1.38 bits per heavy atom. The molecule has 1 heterocycles. The summed E-state index contributed by atoms with van der Waals surface area (Å²) in [6.45, 7) is 7.11. The fraction of sp³-hybridized carbons (Fsp3) is 0.467. The van der Waals surface area contributed by atoms with Crippen LogP contribution >= 0.6 is 23.3 Å². The van der Waals surface area contributed by atoms with E-state index in [1.807, 2.05) is 13.0 Å². The molecule has 0 aliphatic rings. The number of nitrogens with one attached hydrogen (secondary N) is 1.